The number of hydrogen-bond donors (Lipinski definition) is 1. The van der Waals surface area contributed by atoms with Crippen LogP contribution < -0.4 is 10.2 Å². The molecule has 3 heterocycles. The van der Waals surface area contributed by atoms with Crippen LogP contribution in [0.5, 0.6) is 0 Å². The van der Waals surface area contributed by atoms with Gasteiger partial charge in [-0.05, 0) is 37.5 Å². The molecule has 0 spiro atoms. The fourth-order valence-corrected chi connectivity index (χ4v) is 4.45. The van der Waals surface area contributed by atoms with Crippen LogP contribution in [-0.2, 0) is 17.8 Å². The largest absolute Gasteiger partial charge is 0.347 e. The third-order valence-electron chi connectivity index (χ3n) is 5.09. The highest BCUT2D eigenvalue weighted by Gasteiger charge is 2.27. The van der Waals surface area contributed by atoms with Gasteiger partial charge in [-0.15, -0.1) is 10.2 Å². The number of nitrogens with zero attached hydrogens (tertiary/aromatic N) is 5. The number of anilines is 2. The number of nitrogens with one attached hydrogen (secondary N) is 1. The topological polar surface area (TPSA) is 75.9 Å². The maximum atomic E-state index is 12.5. The molecule has 0 radical (unpaired) electrons. The van der Waals surface area contributed by atoms with Gasteiger partial charge in [-0.1, -0.05) is 35.1 Å². The Balaban J connectivity index is 1.29. The second kappa shape index (κ2) is 8.92. The molecular formula is C20H23ClN6OS. The summed E-state index contributed by atoms with van der Waals surface area (Å²) in [6.45, 7) is 4.42. The van der Waals surface area contributed by atoms with Gasteiger partial charge in [0.2, 0.25) is 11.0 Å². The Bertz CT molecular complexity index is 962. The molecule has 1 saturated heterocycles. The smallest absolute Gasteiger partial charge is 0.227 e. The molecule has 1 aliphatic rings. The van der Waals surface area contributed by atoms with Crippen LogP contribution in [0.2, 0.25) is 5.02 Å². The van der Waals surface area contributed by atoms with Gasteiger partial charge in [0.1, 0.15) is 5.01 Å². The van der Waals surface area contributed by atoms with Crippen LogP contribution in [0, 0.1) is 5.92 Å². The molecule has 1 fully saturated rings. The highest BCUT2D eigenvalue weighted by Crippen LogP contribution is 2.28. The first-order chi connectivity index (χ1) is 14.1. The van der Waals surface area contributed by atoms with E-state index < -0.39 is 0 Å². The minimum Gasteiger partial charge on any atom is -0.347 e. The second-order valence-corrected chi connectivity index (χ2v) is 8.59. The molecule has 0 atom stereocenters. The average Bonchev–Trinajstić information content (AvgIpc) is 3.39. The first-order valence-corrected chi connectivity index (χ1v) is 10.9. The summed E-state index contributed by atoms with van der Waals surface area (Å²) >= 11 is 7.56. The summed E-state index contributed by atoms with van der Waals surface area (Å²) in [6.07, 6.45) is 5.91. The van der Waals surface area contributed by atoms with Crippen LogP contribution >= 0.6 is 22.9 Å². The SMILES string of the molecule is CCn1cc(NC(=O)C2CCN(c3nnc(Cc4ccc(Cl)cc4)s3)CC2)cn1. The maximum absolute atomic E-state index is 12.5. The van der Waals surface area contributed by atoms with Crippen LogP contribution in [0.1, 0.15) is 30.3 Å². The Kier molecular flexibility index (Phi) is 6.10. The summed E-state index contributed by atoms with van der Waals surface area (Å²) in [5.74, 6) is 0.0821. The third-order valence-corrected chi connectivity index (χ3v) is 6.32. The molecule has 1 amide bonds. The molecule has 152 valence electrons. The van der Waals surface area contributed by atoms with Crippen molar-refractivity contribution in [1.29, 1.82) is 0 Å². The van der Waals surface area contributed by atoms with E-state index in [1.54, 1.807) is 22.2 Å². The summed E-state index contributed by atoms with van der Waals surface area (Å²) in [5.41, 5.74) is 1.93. The normalized spacial score (nSPS) is 14.9. The second-order valence-electron chi connectivity index (χ2n) is 7.12. The first-order valence-electron chi connectivity index (χ1n) is 9.76. The molecule has 0 aliphatic carbocycles. The van der Waals surface area contributed by atoms with Gasteiger partial charge in [-0.25, -0.2) is 0 Å². The average molecular weight is 431 g/mol. The lowest BCUT2D eigenvalue weighted by molar-refractivity contribution is -0.120. The summed E-state index contributed by atoms with van der Waals surface area (Å²) in [4.78, 5) is 14.8. The molecule has 0 saturated carbocycles. The number of piperidine rings is 1. The van der Waals surface area contributed by atoms with Gasteiger partial charge in [0, 0.05) is 43.2 Å². The van der Waals surface area contributed by atoms with Gasteiger partial charge >= 0.3 is 0 Å². The molecule has 0 unspecified atom stereocenters. The van der Waals surface area contributed by atoms with E-state index in [1.807, 2.05) is 37.4 Å². The number of benzene rings is 1. The van der Waals surface area contributed by atoms with Gasteiger partial charge in [-0.3, -0.25) is 9.48 Å². The lowest BCUT2D eigenvalue weighted by Crippen LogP contribution is -2.38. The molecule has 2 aromatic heterocycles. The number of aryl methyl sites for hydroxylation is 1. The van der Waals surface area contributed by atoms with Crippen molar-refractivity contribution in [3.63, 3.8) is 0 Å². The molecule has 29 heavy (non-hydrogen) atoms. The summed E-state index contributed by atoms with van der Waals surface area (Å²) < 4.78 is 1.80. The van der Waals surface area contributed by atoms with Gasteiger partial charge in [-0.2, -0.15) is 5.10 Å². The number of rotatable bonds is 6. The van der Waals surface area contributed by atoms with Crippen LogP contribution in [0.15, 0.2) is 36.7 Å². The van der Waals surface area contributed by atoms with Crippen molar-refractivity contribution >= 4 is 39.7 Å². The van der Waals surface area contributed by atoms with Gasteiger partial charge in [0.15, 0.2) is 0 Å². The molecule has 7 nitrogen and oxygen atoms in total. The molecule has 9 heteroatoms. The van der Waals surface area contributed by atoms with Crippen LogP contribution in [0.3, 0.4) is 0 Å². The van der Waals surface area contributed by atoms with Crippen molar-refractivity contribution in [1.82, 2.24) is 20.0 Å². The molecule has 0 bridgehead atoms. The van der Waals surface area contributed by atoms with Gasteiger partial charge in [0.05, 0.1) is 11.9 Å². The lowest BCUT2D eigenvalue weighted by Gasteiger charge is -2.30. The van der Waals surface area contributed by atoms with Gasteiger partial charge in [0.25, 0.3) is 0 Å². The van der Waals surface area contributed by atoms with E-state index in [4.69, 9.17) is 11.6 Å². The molecule has 1 aliphatic heterocycles. The zero-order chi connectivity index (χ0) is 20.2. The lowest BCUT2D eigenvalue weighted by atomic mass is 9.96. The highest BCUT2D eigenvalue weighted by atomic mass is 35.5. The first kappa shape index (κ1) is 19.8. The minimum absolute atomic E-state index is 0.0117. The Morgan fingerprint density at radius 2 is 2.00 bits per heavy atom. The van der Waals surface area contributed by atoms with Gasteiger partial charge < -0.3 is 10.2 Å². The van der Waals surface area contributed by atoms with Crippen molar-refractivity contribution in [2.45, 2.75) is 32.7 Å². The Morgan fingerprint density at radius 3 is 2.69 bits per heavy atom. The monoisotopic (exact) mass is 430 g/mol. The molecule has 1 aromatic carbocycles. The van der Waals surface area contributed by atoms with E-state index in [0.29, 0.717) is 0 Å². The maximum Gasteiger partial charge on any atom is 0.227 e. The van der Waals surface area contributed by atoms with E-state index in [0.717, 1.165) is 59.7 Å². The fraction of sp³-hybridized carbons (Fsp3) is 0.400. The Labute approximate surface area is 178 Å². The van der Waals surface area contributed by atoms with E-state index in [-0.39, 0.29) is 11.8 Å². The number of carbonyl (C=O) groups excluding carboxylic acids is 1. The van der Waals surface area contributed by atoms with E-state index >= 15 is 0 Å². The minimum atomic E-state index is 0.0117. The predicted octanol–water partition coefficient (Wildman–Crippen LogP) is 3.85. The standard InChI is InChI=1S/C20H23ClN6OS/c1-2-27-13-17(12-22-27)23-19(28)15-7-9-26(10-8-15)20-25-24-18(29-20)11-14-3-5-16(21)6-4-14/h3-6,12-13,15H,2,7-11H2,1H3,(H,23,28). The molecule has 1 N–H and O–H groups in total. The number of amides is 1. The van der Waals surface area contributed by atoms with Crippen molar-refractivity contribution in [3.8, 4) is 0 Å². The highest BCUT2D eigenvalue weighted by molar-refractivity contribution is 7.15. The van der Waals surface area contributed by atoms with Crippen LogP contribution in [-0.4, -0.2) is 39.0 Å². The number of carbonyl (C=O) groups is 1. The summed E-state index contributed by atoms with van der Waals surface area (Å²) in [5, 5.41) is 18.5. The number of halogens is 1. The van der Waals surface area contributed by atoms with Crippen LogP contribution in [0.25, 0.3) is 0 Å². The number of hydrogen-bond acceptors (Lipinski definition) is 6. The third kappa shape index (κ3) is 4.94. The number of aromatic nitrogens is 4. The van der Waals surface area contributed by atoms with Crippen molar-refractivity contribution in [3.05, 3.63) is 52.3 Å². The molecule has 3 aromatic rings. The van der Waals surface area contributed by atoms with Crippen molar-refractivity contribution < 1.29 is 4.79 Å². The Morgan fingerprint density at radius 1 is 1.24 bits per heavy atom. The zero-order valence-electron chi connectivity index (χ0n) is 16.2. The fourth-order valence-electron chi connectivity index (χ4n) is 3.40. The van der Waals surface area contributed by atoms with E-state index in [2.05, 4.69) is 25.5 Å². The van der Waals surface area contributed by atoms with Crippen molar-refractivity contribution in [2.75, 3.05) is 23.3 Å². The van der Waals surface area contributed by atoms with Crippen LogP contribution in [0.4, 0.5) is 10.8 Å². The zero-order valence-corrected chi connectivity index (χ0v) is 17.8. The Hall–Kier alpha value is -2.45. The van der Waals surface area contributed by atoms with Crippen molar-refractivity contribution in [2.24, 2.45) is 5.92 Å². The van der Waals surface area contributed by atoms with E-state index in [9.17, 15) is 4.79 Å². The quantitative estimate of drug-likeness (QED) is 0.642. The molecular weight excluding hydrogens is 408 g/mol. The predicted molar refractivity (Wildman–Crippen MR) is 116 cm³/mol. The summed E-state index contributed by atoms with van der Waals surface area (Å²) in [6, 6.07) is 7.80. The van der Waals surface area contributed by atoms with E-state index in [1.165, 1.54) is 5.56 Å². The molecule has 4 rings (SSSR count). The summed E-state index contributed by atoms with van der Waals surface area (Å²) in [7, 11) is 0.